The molecule has 0 saturated carbocycles. The van der Waals surface area contributed by atoms with Gasteiger partial charge in [0.25, 0.3) is 0 Å². The smallest absolute Gasteiger partial charge is 0.176 e. The maximum absolute atomic E-state index is 11.6. The third kappa shape index (κ3) is 3.78. The van der Waals surface area contributed by atoms with Crippen molar-refractivity contribution < 1.29 is 4.79 Å². The van der Waals surface area contributed by atoms with Crippen LogP contribution >= 0.6 is 15.9 Å². The highest BCUT2D eigenvalue weighted by Crippen LogP contribution is 2.13. The number of rotatable bonds is 4. The second-order valence-electron chi connectivity index (χ2n) is 4.28. The van der Waals surface area contributed by atoms with Gasteiger partial charge in [-0.3, -0.25) is 4.79 Å². The molecule has 1 aromatic carbocycles. The van der Waals surface area contributed by atoms with Gasteiger partial charge in [-0.1, -0.05) is 54.0 Å². The molecule has 0 unspecified atom stereocenters. The summed E-state index contributed by atoms with van der Waals surface area (Å²) in [4.78, 5) is 11.5. The largest absolute Gasteiger partial charge is 0.293 e. The van der Waals surface area contributed by atoms with E-state index >= 15 is 0 Å². The Morgan fingerprint density at radius 3 is 2.13 bits per heavy atom. The van der Waals surface area contributed by atoms with Gasteiger partial charge in [0.15, 0.2) is 5.78 Å². The number of carbonyl (C=O) groups excluding carboxylic acids is 1. The highest BCUT2D eigenvalue weighted by atomic mass is 79.9. The number of Topliss-reactive ketones (excluding diaryl/α,β-unsaturated/α-hetero) is 1. The number of ketones is 1. The van der Waals surface area contributed by atoms with Crippen molar-refractivity contribution in [2.24, 2.45) is 5.92 Å². The molecule has 1 nitrogen and oxygen atoms in total. The molecule has 15 heavy (non-hydrogen) atoms. The van der Waals surface area contributed by atoms with E-state index in [2.05, 4.69) is 29.8 Å². The van der Waals surface area contributed by atoms with Crippen LogP contribution in [0.1, 0.15) is 36.7 Å². The summed E-state index contributed by atoms with van der Waals surface area (Å²) in [5.41, 5.74) is 2.08. The van der Waals surface area contributed by atoms with Gasteiger partial charge in [0.2, 0.25) is 0 Å². The molecule has 0 bridgehead atoms. The Hall–Kier alpha value is -0.630. The summed E-state index contributed by atoms with van der Waals surface area (Å²) in [6.45, 7) is 6.24. The minimum Gasteiger partial charge on any atom is -0.293 e. The molecule has 0 fully saturated rings. The molecule has 0 amide bonds. The van der Waals surface area contributed by atoms with Crippen LogP contribution in [0.25, 0.3) is 0 Å². The standard InChI is InChI=1S/C13H17BrO/c1-9(2)8-11-4-6-12(7-5-11)13(15)10(3)14/h4-7,9-10H,8H2,1-3H3/t10-/m0/s1. The van der Waals surface area contributed by atoms with Crippen LogP contribution in [-0.4, -0.2) is 10.6 Å². The van der Waals surface area contributed by atoms with Gasteiger partial charge < -0.3 is 0 Å². The Balaban J connectivity index is 2.76. The van der Waals surface area contributed by atoms with E-state index in [0.717, 1.165) is 12.0 Å². The van der Waals surface area contributed by atoms with E-state index in [9.17, 15) is 4.79 Å². The van der Waals surface area contributed by atoms with Gasteiger partial charge in [-0.25, -0.2) is 0 Å². The molecular weight excluding hydrogens is 252 g/mol. The number of carbonyl (C=O) groups is 1. The van der Waals surface area contributed by atoms with E-state index in [4.69, 9.17) is 0 Å². The predicted molar refractivity (Wildman–Crippen MR) is 67.7 cm³/mol. The van der Waals surface area contributed by atoms with Crippen molar-refractivity contribution in [2.45, 2.75) is 32.0 Å². The lowest BCUT2D eigenvalue weighted by Gasteiger charge is -2.06. The van der Waals surface area contributed by atoms with Gasteiger partial charge in [0, 0.05) is 5.56 Å². The van der Waals surface area contributed by atoms with Gasteiger partial charge in [-0.15, -0.1) is 0 Å². The fourth-order valence-corrected chi connectivity index (χ4v) is 1.77. The van der Waals surface area contributed by atoms with E-state index < -0.39 is 0 Å². The first kappa shape index (κ1) is 12.4. The number of hydrogen-bond donors (Lipinski definition) is 0. The Bertz CT molecular complexity index is 325. The highest BCUT2D eigenvalue weighted by Gasteiger charge is 2.11. The summed E-state index contributed by atoms with van der Waals surface area (Å²) in [7, 11) is 0. The van der Waals surface area contributed by atoms with E-state index in [1.165, 1.54) is 5.56 Å². The second kappa shape index (κ2) is 5.45. The zero-order chi connectivity index (χ0) is 11.4. The molecule has 0 radical (unpaired) electrons. The summed E-state index contributed by atoms with van der Waals surface area (Å²) < 4.78 is 0. The average molecular weight is 269 g/mol. The van der Waals surface area contributed by atoms with E-state index in [0.29, 0.717) is 5.92 Å². The van der Waals surface area contributed by atoms with Crippen molar-refractivity contribution in [3.8, 4) is 0 Å². The van der Waals surface area contributed by atoms with Crippen LogP contribution in [0.4, 0.5) is 0 Å². The Morgan fingerprint density at radius 2 is 1.73 bits per heavy atom. The molecule has 82 valence electrons. The summed E-state index contributed by atoms with van der Waals surface area (Å²) in [6.07, 6.45) is 1.07. The summed E-state index contributed by atoms with van der Waals surface area (Å²) in [5, 5.41) is 0. The SMILES string of the molecule is CC(C)Cc1ccc(C(=O)[C@H](C)Br)cc1. The van der Waals surface area contributed by atoms with Crippen LogP contribution < -0.4 is 0 Å². The van der Waals surface area contributed by atoms with E-state index in [1.807, 2.05) is 31.2 Å². The van der Waals surface area contributed by atoms with Gasteiger partial charge in [-0.2, -0.15) is 0 Å². The fourth-order valence-electron chi connectivity index (χ4n) is 1.51. The summed E-state index contributed by atoms with van der Waals surface area (Å²) in [5.74, 6) is 0.799. The number of alkyl halides is 1. The quantitative estimate of drug-likeness (QED) is 0.599. The monoisotopic (exact) mass is 268 g/mol. The molecule has 0 spiro atoms. The zero-order valence-electron chi connectivity index (χ0n) is 9.46. The normalized spacial score (nSPS) is 12.9. The minimum atomic E-state index is -0.103. The van der Waals surface area contributed by atoms with Crippen LogP contribution in [0.15, 0.2) is 24.3 Å². The van der Waals surface area contributed by atoms with Crippen molar-refractivity contribution in [1.82, 2.24) is 0 Å². The summed E-state index contributed by atoms with van der Waals surface area (Å²) >= 11 is 3.29. The van der Waals surface area contributed by atoms with E-state index in [1.54, 1.807) is 0 Å². The molecule has 1 rings (SSSR count). The lowest BCUT2D eigenvalue weighted by atomic mass is 10.0. The van der Waals surface area contributed by atoms with Crippen molar-refractivity contribution in [1.29, 1.82) is 0 Å². The maximum atomic E-state index is 11.6. The van der Waals surface area contributed by atoms with Crippen LogP contribution in [-0.2, 0) is 6.42 Å². The van der Waals surface area contributed by atoms with Crippen LogP contribution in [0.3, 0.4) is 0 Å². The average Bonchev–Trinajstić information content (AvgIpc) is 2.17. The van der Waals surface area contributed by atoms with Gasteiger partial charge >= 0.3 is 0 Å². The van der Waals surface area contributed by atoms with Crippen LogP contribution in [0.5, 0.6) is 0 Å². The molecule has 0 aliphatic carbocycles. The molecule has 1 atom stereocenters. The Kier molecular flexibility index (Phi) is 4.52. The predicted octanol–water partition coefficient (Wildman–Crippen LogP) is 3.85. The molecule has 2 heteroatoms. The lowest BCUT2D eigenvalue weighted by molar-refractivity contribution is 0.0996. The maximum Gasteiger partial charge on any atom is 0.176 e. The topological polar surface area (TPSA) is 17.1 Å². The molecule has 0 heterocycles. The molecule has 0 saturated heterocycles. The number of hydrogen-bond acceptors (Lipinski definition) is 1. The van der Waals surface area contributed by atoms with Crippen molar-refractivity contribution in [3.63, 3.8) is 0 Å². The molecule has 0 aliphatic heterocycles. The number of halogens is 1. The molecule has 1 aromatic rings. The van der Waals surface area contributed by atoms with E-state index in [-0.39, 0.29) is 10.6 Å². The van der Waals surface area contributed by atoms with Crippen LogP contribution in [0.2, 0.25) is 0 Å². The summed E-state index contributed by atoms with van der Waals surface area (Å²) in [6, 6.07) is 7.92. The minimum absolute atomic E-state index is 0.103. The molecular formula is C13H17BrO. The van der Waals surface area contributed by atoms with Gasteiger partial charge in [0.05, 0.1) is 4.83 Å². The highest BCUT2D eigenvalue weighted by molar-refractivity contribution is 9.10. The molecule has 0 aliphatic rings. The van der Waals surface area contributed by atoms with Crippen LogP contribution in [0, 0.1) is 5.92 Å². The Morgan fingerprint density at radius 1 is 1.20 bits per heavy atom. The van der Waals surface area contributed by atoms with Gasteiger partial charge in [-0.05, 0) is 24.8 Å². The molecule has 0 N–H and O–H groups in total. The van der Waals surface area contributed by atoms with Gasteiger partial charge in [0.1, 0.15) is 0 Å². The third-order valence-electron chi connectivity index (χ3n) is 2.24. The van der Waals surface area contributed by atoms with Crippen molar-refractivity contribution >= 4 is 21.7 Å². The molecule has 0 aromatic heterocycles. The first-order valence-electron chi connectivity index (χ1n) is 5.28. The lowest BCUT2D eigenvalue weighted by Crippen LogP contribution is -2.09. The first-order valence-corrected chi connectivity index (χ1v) is 6.19. The fraction of sp³-hybridized carbons (Fsp3) is 0.462. The first-order chi connectivity index (χ1) is 7.00. The van der Waals surface area contributed by atoms with Crippen molar-refractivity contribution in [3.05, 3.63) is 35.4 Å². The second-order valence-corrected chi connectivity index (χ2v) is 5.65. The Labute approximate surface area is 100 Å². The zero-order valence-corrected chi connectivity index (χ0v) is 11.0. The third-order valence-corrected chi connectivity index (χ3v) is 2.66. The number of benzene rings is 1. The van der Waals surface area contributed by atoms with Crippen molar-refractivity contribution in [2.75, 3.05) is 0 Å².